The van der Waals surface area contributed by atoms with E-state index in [-0.39, 0.29) is 5.91 Å². The molecule has 0 atom stereocenters. The van der Waals surface area contributed by atoms with Crippen molar-refractivity contribution in [3.8, 4) is 5.75 Å². The Hall–Kier alpha value is -2.82. The van der Waals surface area contributed by atoms with Crippen LogP contribution in [0.15, 0.2) is 59.6 Å². The van der Waals surface area contributed by atoms with Crippen molar-refractivity contribution in [2.24, 2.45) is 4.99 Å². The normalized spacial score (nSPS) is 14.9. The van der Waals surface area contributed by atoms with Gasteiger partial charge in [0.2, 0.25) is 5.96 Å². The topological polar surface area (TPSA) is 53.9 Å². The maximum absolute atomic E-state index is 12.5. The number of amides is 1. The zero-order chi connectivity index (χ0) is 17.5. The first-order chi connectivity index (χ1) is 12.3. The van der Waals surface area contributed by atoms with E-state index >= 15 is 0 Å². The fourth-order valence-electron chi connectivity index (χ4n) is 2.83. The molecular formula is C20H23N3O2. The van der Waals surface area contributed by atoms with Gasteiger partial charge in [0.15, 0.2) is 0 Å². The number of carbonyl (C=O) groups is 1. The van der Waals surface area contributed by atoms with Crippen molar-refractivity contribution in [2.75, 3.05) is 20.2 Å². The highest BCUT2D eigenvalue weighted by Gasteiger charge is 2.18. The molecule has 0 spiro atoms. The van der Waals surface area contributed by atoms with Gasteiger partial charge in [0.05, 0.1) is 12.8 Å². The maximum atomic E-state index is 12.5. The highest BCUT2D eigenvalue weighted by molar-refractivity contribution is 6.06. The molecule has 130 valence electrons. The van der Waals surface area contributed by atoms with Crippen LogP contribution in [0.1, 0.15) is 29.6 Å². The summed E-state index contributed by atoms with van der Waals surface area (Å²) in [7, 11) is 1.64. The molecule has 0 aliphatic carbocycles. The largest absolute Gasteiger partial charge is 0.497 e. The van der Waals surface area contributed by atoms with Gasteiger partial charge in [-0.1, -0.05) is 18.2 Å². The van der Waals surface area contributed by atoms with E-state index < -0.39 is 0 Å². The van der Waals surface area contributed by atoms with Crippen molar-refractivity contribution >= 4 is 17.6 Å². The monoisotopic (exact) mass is 337 g/mol. The standard InChI is InChI=1S/C20H23N3O2/c1-25-18-12-10-17(11-13-18)21-20(23-14-6-3-7-15-23)22-19(24)16-8-4-2-5-9-16/h2,4-5,8-13H,3,6-7,14-15H2,1H3,(H,21,22,24). The number of benzene rings is 2. The van der Waals surface area contributed by atoms with Gasteiger partial charge in [-0.2, -0.15) is 0 Å². The number of hydrogen-bond donors (Lipinski definition) is 1. The SMILES string of the molecule is COc1ccc(N=C(NC(=O)c2ccccc2)N2CCCCC2)cc1. The van der Waals surface area contributed by atoms with Gasteiger partial charge in [-0.05, 0) is 55.7 Å². The minimum atomic E-state index is -0.140. The number of carbonyl (C=O) groups excluding carboxylic acids is 1. The van der Waals surface area contributed by atoms with Crippen molar-refractivity contribution in [3.05, 3.63) is 60.2 Å². The van der Waals surface area contributed by atoms with E-state index in [9.17, 15) is 4.79 Å². The van der Waals surface area contributed by atoms with Gasteiger partial charge in [0, 0.05) is 18.7 Å². The number of hydrogen-bond acceptors (Lipinski definition) is 3. The van der Waals surface area contributed by atoms with Gasteiger partial charge in [-0.25, -0.2) is 4.99 Å². The number of guanidine groups is 1. The number of nitrogens with one attached hydrogen (secondary N) is 1. The highest BCUT2D eigenvalue weighted by atomic mass is 16.5. The molecule has 2 aromatic rings. The molecule has 1 aliphatic heterocycles. The molecule has 0 aromatic heterocycles. The molecule has 2 aromatic carbocycles. The van der Waals surface area contributed by atoms with Crippen LogP contribution in [0.5, 0.6) is 5.75 Å². The Morgan fingerprint density at radius 3 is 2.32 bits per heavy atom. The molecule has 1 fully saturated rings. The summed E-state index contributed by atoms with van der Waals surface area (Å²) >= 11 is 0. The van der Waals surface area contributed by atoms with Crippen molar-refractivity contribution in [3.63, 3.8) is 0 Å². The summed E-state index contributed by atoms with van der Waals surface area (Å²) < 4.78 is 5.18. The van der Waals surface area contributed by atoms with E-state index in [1.807, 2.05) is 42.5 Å². The molecule has 1 N–H and O–H groups in total. The molecule has 0 bridgehead atoms. The Morgan fingerprint density at radius 2 is 1.68 bits per heavy atom. The highest BCUT2D eigenvalue weighted by Crippen LogP contribution is 2.19. The van der Waals surface area contributed by atoms with Crippen LogP contribution in [0.25, 0.3) is 0 Å². The molecule has 5 nitrogen and oxygen atoms in total. The van der Waals surface area contributed by atoms with Crippen molar-refractivity contribution < 1.29 is 9.53 Å². The number of likely N-dealkylation sites (tertiary alicyclic amines) is 1. The van der Waals surface area contributed by atoms with Crippen LogP contribution in [0.2, 0.25) is 0 Å². The number of ether oxygens (including phenoxy) is 1. The van der Waals surface area contributed by atoms with Crippen LogP contribution in [0.3, 0.4) is 0 Å². The van der Waals surface area contributed by atoms with E-state index in [2.05, 4.69) is 15.2 Å². The van der Waals surface area contributed by atoms with Crippen molar-refractivity contribution in [1.82, 2.24) is 10.2 Å². The minimum Gasteiger partial charge on any atom is -0.497 e. The summed E-state index contributed by atoms with van der Waals surface area (Å²) in [5.74, 6) is 1.25. The lowest BCUT2D eigenvalue weighted by atomic mass is 10.1. The summed E-state index contributed by atoms with van der Waals surface area (Å²) in [5.41, 5.74) is 1.41. The molecule has 25 heavy (non-hydrogen) atoms. The Kier molecular flexibility index (Phi) is 5.67. The number of methoxy groups -OCH3 is 1. The quantitative estimate of drug-likeness (QED) is 0.688. The lowest BCUT2D eigenvalue weighted by molar-refractivity contribution is 0.0971. The summed E-state index contributed by atoms with van der Waals surface area (Å²) in [6.07, 6.45) is 3.45. The molecular weight excluding hydrogens is 314 g/mol. The molecule has 0 unspecified atom stereocenters. The first-order valence-electron chi connectivity index (χ1n) is 8.60. The smallest absolute Gasteiger partial charge is 0.257 e. The zero-order valence-electron chi connectivity index (χ0n) is 14.4. The second kappa shape index (κ2) is 8.33. The predicted molar refractivity (Wildman–Crippen MR) is 99.4 cm³/mol. The number of aliphatic imine (C=N–C) groups is 1. The third-order valence-corrected chi connectivity index (χ3v) is 4.22. The van der Waals surface area contributed by atoms with E-state index in [0.29, 0.717) is 11.5 Å². The van der Waals surface area contributed by atoms with Gasteiger partial charge in [-0.3, -0.25) is 10.1 Å². The summed E-state index contributed by atoms with van der Waals surface area (Å²) in [5, 5.41) is 2.99. The average molecular weight is 337 g/mol. The van der Waals surface area contributed by atoms with Crippen molar-refractivity contribution in [2.45, 2.75) is 19.3 Å². The van der Waals surface area contributed by atoms with E-state index in [4.69, 9.17) is 4.74 Å². The number of nitrogens with zero attached hydrogens (tertiary/aromatic N) is 2. The van der Waals surface area contributed by atoms with Crippen LogP contribution in [-0.2, 0) is 0 Å². The molecule has 1 saturated heterocycles. The third kappa shape index (κ3) is 4.59. The minimum absolute atomic E-state index is 0.140. The molecule has 1 amide bonds. The molecule has 1 heterocycles. The van der Waals surface area contributed by atoms with Gasteiger partial charge in [0.25, 0.3) is 5.91 Å². The molecule has 1 aliphatic rings. The average Bonchev–Trinajstić information content (AvgIpc) is 2.69. The predicted octanol–water partition coefficient (Wildman–Crippen LogP) is 3.60. The Balaban J connectivity index is 1.83. The summed E-state index contributed by atoms with van der Waals surface area (Å²) in [4.78, 5) is 19.4. The summed E-state index contributed by atoms with van der Waals surface area (Å²) in [6.45, 7) is 1.81. The van der Waals surface area contributed by atoms with Crippen LogP contribution in [0.4, 0.5) is 5.69 Å². The fourth-order valence-corrected chi connectivity index (χ4v) is 2.83. The Morgan fingerprint density at radius 1 is 1.00 bits per heavy atom. The lowest BCUT2D eigenvalue weighted by Gasteiger charge is -2.29. The van der Waals surface area contributed by atoms with Gasteiger partial charge in [0.1, 0.15) is 5.75 Å². The third-order valence-electron chi connectivity index (χ3n) is 4.22. The maximum Gasteiger partial charge on any atom is 0.257 e. The zero-order valence-corrected chi connectivity index (χ0v) is 14.4. The number of piperidine rings is 1. The fraction of sp³-hybridized carbons (Fsp3) is 0.300. The molecule has 3 rings (SSSR count). The molecule has 0 saturated carbocycles. The van der Waals surface area contributed by atoms with Crippen molar-refractivity contribution in [1.29, 1.82) is 0 Å². The summed E-state index contributed by atoms with van der Waals surface area (Å²) in [6, 6.07) is 16.7. The van der Waals surface area contributed by atoms with E-state index in [1.165, 1.54) is 6.42 Å². The molecule has 0 radical (unpaired) electrons. The van der Waals surface area contributed by atoms with E-state index in [1.54, 1.807) is 19.2 Å². The van der Waals surface area contributed by atoms with Gasteiger partial charge < -0.3 is 9.64 Å². The Labute approximate surface area is 148 Å². The molecule has 5 heteroatoms. The van der Waals surface area contributed by atoms with Gasteiger partial charge >= 0.3 is 0 Å². The van der Waals surface area contributed by atoms with Crippen LogP contribution in [-0.4, -0.2) is 37.0 Å². The Bertz CT molecular complexity index is 720. The number of rotatable bonds is 3. The van der Waals surface area contributed by atoms with Crippen LogP contribution in [0, 0.1) is 0 Å². The second-order valence-corrected chi connectivity index (χ2v) is 6.00. The van der Waals surface area contributed by atoms with Crippen LogP contribution >= 0.6 is 0 Å². The lowest BCUT2D eigenvalue weighted by Crippen LogP contribution is -2.46. The van der Waals surface area contributed by atoms with Gasteiger partial charge in [-0.15, -0.1) is 0 Å². The second-order valence-electron chi connectivity index (χ2n) is 6.00. The van der Waals surface area contributed by atoms with E-state index in [0.717, 1.165) is 37.4 Å². The first kappa shape index (κ1) is 17.0. The van der Waals surface area contributed by atoms with Crippen LogP contribution < -0.4 is 10.1 Å². The first-order valence-corrected chi connectivity index (χ1v) is 8.60.